The molecule has 13 heteroatoms. The maximum absolute atomic E-state index is 14.0. The molecule has 0 aliphatic heterocycles. The van der Waals surface area contributed by atoms with Gasteiger partial charge in [-0.05, 0) is 83.1 Å². The molecule has 1 unspecified atom stereocenters. The summed E-state index contributed by atoms with van der Waals surface area (Å²) in [6.45, 7) is 2.03. The molecule has 2 aromatic heterocycles. The maximum Gasteiger partial charge on any atom is 0.296 e. The molecule has 1 atom stereocenters. The van der Waals surface area contributed by atoms with Crippen molar-refractivity contribution in [1.29, 1.82) is 0 Å². The SMILES string of the molecule is COc1ccc(C(Nc2nc3c(ncn3CCC(COC(c3ccccc3)(c3ccccc3)c3ccc(OC)cc3)COS(=O)(=O)c3ccc(C)cc3)c(=O)[nH]2)(c2ccccc2)c2ccccc2)cc1. The Morgan fingerprint density at radius 1 is 0.614 bits per heavy atom. The fourth-order valence-electron chi connectivity index (χ4n) is 8.95. The van der Waals surface area contributed by atoms with E-state index in [2.05, 4.69) is 15.3 Å². The molecule has 9 rings (SSSR count). The van der Waals surface area contributed by atoms with Gasteiger partial charge in [0, 0.05) is 12.5 Å². The Labute approximate surface area is 407 Å². The number of ether oxygens (including phenoxy) is 3. The minimum absolute atomic E-state index is 0.0553. The van der Waals surface area contributed by atoms with Crippen molar-refractivity contribution in [2.45, 2.75) is 35.9 Å². The van der Waals surface area contributed by atoms with Gasteiger partial charge < -0.3 is 24.1 Å². The molecule has 12 nitrogen and oxygen atoms in total. The zero-order valence-electron chi connectivity index (χ0n) is 39.1. The first-order valence-electron chi connectivity index (χ1n) is 23.0. The number of imidazole rings is 1. The topological polar surface area (TPSA) is 147 Å². The molecule has 7 aromatic carbocycles. The van der Waals surface area contributed by atoms with Gasteiger partial charge in [-0.25, -0.2) is 4.98 Å². The molecule has 0 spiro atoms. The normalized spacial score (nSPS) is 12.4. The molecule has 0 saturated heterocycles. The minimum Gasteiger partial charge on any atom is -0.497 e. The van der Waals surface area contributed by atoms with Crippen molar-refractivity contribution >= 4 is 27.2 Å². The minimum atomic E-state index is -4.16. The fourth-order valence-corrected chi connectivity index (χ4v) is 9.92. The van der Waals surface area contributed by atoms with Gasteiger partial charge in [0.05, 0.1) is 38.7 Å². The van der Waals surface area contributed by atoms with Crippen LogP contribution in [0.3, 0.4) is 0 Å². The molecule has 0 fully saturated rings. The smallest absolute Gasteiger partial charge is 0.296 e. The van der Waals surface area contributed by atoms with E-state index in [9.17, 15) is 13.2 Å². The average molecular weight is 952 g/mol. The predicted octanol–water partition coefficient (Wildman–Crippen LogP) is 10.3. The molecule has 0 aliphatic carbocycles. The molecule has 9 aromatic rings. The third kappa shape index (κ3) is 9.72. The number of aryl methyl sites for hydroxylation is 2. The van der Waals surface area contributed by atoms with Crippen LogP contribution in [-0.2, 0) is 36.7 Å². The van der Waals surface area contributed by atoms with Gasteiger partial charge in [-0.15, -0.1) is 0 Å². The largest absolute Gasteiger partial charge is 0.497 e. The van der Waals surface area contributed by atoms with Crippen LogP contribution in [-0.4, -0.2) is 55.4 Å². The second kappa shape index (κ2) is 20.8. The Balaban J connectivity index is 1.09. The third-order valence-electron chi connectivity index (χ3n) is 12.7. The molecule has 0 radical (unpaired) electrons. The molecule has 2 heterocycles. The number of fused-ring (bicyclic) bond motifs is 1. The lowest BCUT2D eigenvalue weighted by Gasteiger charge is -2.37. The number of aromatic amines is 1. The quantitative estimate of drug-likeness (QED) is 0.0559. The van der Waals surface area contributed by atoms with E-state index in [1.54, 1.807) is 44.8 Å². The molecule has 0 saturated carbocycles. The molecule has 2 N–H and O–H groups in total. The van der Waals surface area contributed by atoms with Crippen LogP contribution in [0, 0.1) is 12.8 Å². The number of H-pyrrole nitrogens is 1. The first-order chi connectivity index (χ1) is 34.1. The molecule has 354 valence electrons. The monoisotopic (exact) mass is 951 g/mol. The Hall–Kier alpha value is -7.84. The summed E-state index contributed by atoms with van der Waals surface area (Å²) in [4.78, 5) is 26.6. The second-order valence-corrected chi connectivity index (χ2v) is 18.6. The van der Waals surface area contributed by atoms with Gasteiger partial charge >= 0.3 is 0 Å². The van der Waals surface area contributed by atoms with Gasteiger partial charge in [0.15, 0.2) is 11.2 Å². The van der Waals surface area contributed by atoms with Crippen molar-refractivity contribution in [3.05, 3.63) is 250 Å². The highest BCUT2D eigenvalue weighted by molar-refractivity contribution is 7.86. The number of benzene rings is 7. The van der Waals surface area contributed by atoms with Crippen molar-refractivity contribution in [1.82, 2.24) is 19.5 Å². The lowest BCUT2D eigenvalue weighted by Crippen LogP contribution is -2.39. The summed E-state index contributed by atoms with van der Waals surface area (Å²) in [7, 11) is -0.907. The zero-order valence-corrected chi connectivity index (χ0v) is 39.9. The van der Waals surface area contributed by atoms with Gasteiger partial charge in [0.2, 0.25) is 5.95 Å². The average Bonchev–Trinajstić information content (AvgIpc) is 3.83. The van der Waals surface area contributed by atoms with Crippen LogP contribution >= 0.6 is 0 Å². The van der Waals surface area contributed by atoms with Crippen LogP contribution in [0.2, 0.25) is 0 Å². The van der Waals surface area contributed by atoms with Crippen LogP contribution in [0.5, 0.6) is 11.5 Å². The fraction of sp³-hybridized carbons (Fsp3) is 0.175. The van der Waals surface area contributed by atoms with E-state index in [0.717, 1.165) is 38.9 Å². The van der Waals surface area contributed by atoms with Gasteiger partial charge in [-0.3, -0.25) is 14.0 Å². The molecule has 0 aliphatic rings. The number of rotatable bonds is 20. The summed E-state index contributed by atoms with van der Waals surface area (Å²) >= 11 is 0. The zero-order chi connectivity index (χ0) is 48.6. The van der Waals surface area contributed by atoms with Crippen LogP contribution in [0.15, 0.2) is 210 Å². The van der Waals surface area contributed by atoms with E-state index in [4.69, 9.17) is 23.4 Å². The van der Waals surface area contributed by atoms with Crippen molar-refractivity contribution in [2.24, 2.45) is 5.92 Å². The first-order valence-corrected chi connectivity index (χ1v) is 24.4. The number of hydrogen-bond acceptors (Lipinski definition) is 10. The second-order valence-electron chi connectivity index (χ2n) is 17.0. The lowest BCUT2D eigenvalue weighted by atomic mass is 9.77. The van der Waals surface area contributed by atoms with Crippen LogP contribution in [0.1, 0.15) is 45.4 Å². The van der Waals surface area contributed by atoms with E-state index in [1.807, 2.05) is 181 Å². The number of nitrogens with one attached hydrogen (secondary N) is 2. The number of aromatic nitrogens is 4. The summed E-state index contributed by atoms with van der Waals surface area (Å²) in [5.41, 5.74) is 4.10. The number of methoxy groups -OCH3 is 2. The van der Waals surface area contributed by atoms with Gasteiger partial charge in [-0.1, -0.05) is 163 Å². The van der Waals surface area contributed by atoms with Crippen molar-refractivity contribution in [3.63, 3.8) is 0 Å². The lowest BCUT2D eigenvalue weighted by molar-refractivity contribution is -0.0182. The van der Waals surface area contributed by atoms with Crippen LogP contribution in [0.25, 0.3) is 11.2 Å². The van der Waals surface area contributed by atoms with Crippen molar-refractivity contribution in [3.8, 4) is 11.5 Å². The van der Waals surface area contributed by atoms with E-state index in [-0.39, 0.29) is 36.1 Å². The predicted molar refractivity (Wildman–Crippen MR) is 272 cm³/mol. The molecular formula is C57H53N5O7S. The standard InChI is InChI=1S/C57H53N5O7S/c1-41-24-34-51(35-25-41)70(64,65)69-39-42(38-68-57(46-20-12-6-13-21-46,47-22-14-7-15-23-47)48-28-32-50(67-3)33-29-48)36-37-62-40-58-52-53(62)59-55(60-54(52)63)61-56(43-16-8-4-9-17-43,44-18-10-5-11-19-44)45-26-30-49(66-2)31-27-45/h4-35,40,42H,36-39H2,1-3H3,(H2,59,60,61,63). The number of anilines is 1. The summed E-state index contributed by atoms with van der Waals surface area (Å²) in [5.74, 6) is 1.09. The van der Waals surface area contributed by atoms with E-state index in [0.29, 0.717) is 23.6 Å². The molecule has 0 amide bonds. The van der Waals surface area contributed by atoms with Gasteiger partial charge in [0.25, 0.3) is 15.7 Å². The maximum atomic E-state index is 14.0. The third-order valence-corrected chi connectivity index (χ3v) is 14.0. The van der Waals surface area contributed by atoms with Crippen molar-refractivity contribution in [2.75, 3.05) is 32.8 Å². The Morgan fingerprint density at radius 3 is 1.60 bits per heavy atom. The molecule has 0 bridgehead atoms. The summed E-state index contributed by atoms with van der Waals surface area (Å²) in [6.07, 6.45) is 1.93. The van der Waals surface area contributed by atoms with Crippen LogP contribution in [0.4, 0.5) is 5.95 Å². The highest BCUT2D eigenvalue weighted by Gasteiger charge is 2.40. The molecular weight excluding hydrogens is 899 g/mol. The van der Waals surface area contributed by atoms with Gasteiger partial charge in [0.1, 0.15) is 22.6 Å². The highest BCUT2D eigenvalue weighted by atomic mass is 32.2. The van der Waals surface area contributed by atoms with Crippen LogP contribution < -0.4 is 20.3 Å². The number of nitrogens with zero attached hydrogens (tertiary/aromatic N) is 3. The summed E-state index contributed by atoms with van der Waals surface area (Å²) < 4.78 is 53.6. The van der Waals surface area contributed by atoms with E-state index >= 15 is 0 Å². The Bertz CT molecular complexity index is 3220. The van der Waals surface area contributed by atoms with Crippen molar-refractivity contribution < 1.29 is 26.8 Å². The highest BCUT2D eigenvalue weighted by Crippen LogP contribution is 2.43. The van der Waals surface area contributed by atoms with Gasteiger partial charge in [-0.2, -0.15) is 13.4 Å². The Morgan fingerprint density at radius 2 is 1.09 bits per heavy atom. The van der Waals surface area contributed by atoms with E-state index < -0.39 is 32.7 Å². The first kappa shape index (κ1) is 47.2. The molecule has 70 heavy (non-hydrogen) atoms. The summed E-state index contributed by atoms with van der Waals surface area (Å²) in [5, 5.41) is 3.68. The van der Waals surface area contributed by atoms with E-state index in [1.165, 1.54) is 0 Å². The number of hydrogen-bond donors (Lipinski definition) is 2. The summed E-state index contributed by atoms with van der Waals surface area (Å²) in [6, 6.07) is 62.0. The Kier molecular flexibility index (Phi) is 14.0.